The summed E-state index contributed by atoms with van der Waals surface area (Å²) in [7, 11) is -3.99. The number of nitrogens with one attached hydrogen (secondary N) is 2. The van der Waals surface area contributed by atoms with Crippen molar-refractivity contribution in [2.24, 2.45) is 0 Å². The highest BCUT2D eigenvalue weighted by atomic mass is 32.2. The third-order valence-corrected chi connectivity index (χ3v) is 5.94. The molecule has 0 radical (unpaired) electrons. The Morgan fingerprint density at radius 1 is 1.24 bits per heavy atom. The first kappa shape index (κ1) is 18.2. The van der Waals surface area contributed by atoms with E-state index in [1.54, 1.807) is 0 Å². The molecule has 2 fully saturated rings. The van der Waals surface area contributed by atoms with Crippen LogP contribution < -0.4 is 10.6 Å². The third-order valence-electron chi connectivity index (χ3n) is 4.02. The molecule has 0 bridgehead atoms. The van der Waals surface area contributed by atoms with E-state index in [1.807, 2.05) is 0 Å². The van der Waals surface area contributed by atoms with Crippen LogP contribution in [0.3, 0.4) is 0 Å². The Balaban J connectivity index is 1.79. The number of benzene rings is 1. The van der Waals surface area contributed by atoms with Gasteiger partial charge in [0.1, 0.15) is 16.8 Å². The molecular weight excluding hydrogens is 353 g/mol. The molecule has 0 spiro atoms. The summed E-state index contributed by atoms with van der Waals surface area (Å²) in [6.07, 6.45) is 0. The molecular formula is C15H20FN3O5S. The summed E-state index contributed by atoms with van der Waals surface area (Å²) < 4.78 is 50.9. The fourth-order valence-corrected chi connectivity index (χ4v) is 4.17. The Morgan fingerprint density at radius 3 is 2.68 bits per heavy atom. The molecule has 0 aromatic heterocycles. The van der Waals surface area contributed by atoms with E-state index >= 15 is 0 Å². The summed E-state index contributed by atoms with van der Waals surface area (Å²) in [5.41, 5.74) is 0.214. The molecule has 0 saturated carbocycles. The van der Waals surface area contributed by atoms with Crippen LogP contribution in [-0.4, -0.2) is 70.7 Å². The molecule has 1 atom stereocenters. The van der Waals surface area contributed by atoms with Crippen LogP contribution >= 0.6 is 0 Å². The van der Waals surface area contributed by atoms with Crippen molar-refractivity contribution in [3.05, 3.63) is 24.0 Å². The van der Waals surface area contributed by atoms with Crippen molar-refractivity contribution in [2.45, 2.75) is 10.9 Å². The number of ether oxygens (including phenoxy) is 2. The number of carbonyl (C=O) groups is 1. The van der Waals surface area contributed by atoms with Crippen molar-refractivity contribution in [2.75, 3.05) is 51.4 Å². The Hall–Kier alpha value is -1.59. The smallest absolute Gasteiger partial charge is 0.246 e. The van der Waals surface area contributed by atoms with Gasteiger partial charge in [0.25, 0.3) is 0 Å². The molecule has 2 saturated heterocycles. The minimum atomic E-state index is -3.99. The fraction of sp³-hybridized carbons (Fsp3) is 0.533. The first-order chi connectivity index (χ1) is 12.0. The minimum absolute atomic E-state index is 0.168. The summed E-state index contributed by atoms with van der Waals surface area (Å²) in [5.74, 6) is -1.22. The maximum absolute atomic E-state index is 14.1. The van der Waals surface area contributed by atoms with Gasteiger partial charge >= 0.3 is 0 Å². The van der Waals surface area contributed by atoms with E-state index in [-0.39, 0.29) is 44.5 Å². The summed E-state index contributed by atoms with van der Waals surface area (Å²) in [6.45, 7) is 2.19. The van der Waals surface area contributed by atoms with Gasteiger partial charge in [-0.25, -0.2) is 12.8 Å². The van der Waals surface area contributed by atoms with E-state index < -0.39 is 26.8 Å². The van der Waals surface area contributed by atoms with Gasteiger partial charge in [0, 0.05) is 25.3 Å². The average Bonchev–Trinajstić information content (AvgIpc) is 2.64. The molecule has 10 heteroatoms. The molecule has 2 aliphatic heterocycles. The standard InChI is InChI=1S/C15H20FN3O5S/c16-12-2-1-11(18-15(20)13-10-24-6-3-17-13)9-14(12)25(21,22)19-4-7-23-8-5-19/h1-2,9,13,17H,3-8,10H2,(H,18,20). The number of anilines is 1. The average molecular weight is 373 g/mol. The van der Waals surface area contributed by atoms with Crippen LogP contribution in [0.1, 0.15) is 0 Å². The molecule has 1 aromatic rings. The number of nitrogens with zero attached hydrogens (tertiary/aromatic N) is 1. The summed E-state index contributed by atoms with van der Waals surface area (Å²) in [5, 5.41) is 5.59. The topological polar surface area (TPSA) is 97.0 Å². The SMILES string of the molecule is O=C(Nc1ccc(F)c(S(=O)(=O)N2CCOCC2)c1)C1COCCN1. The Bertz CT molecular complexity index is 731. The van der Waals surface area contributed by atoms with Gasteiger partial charge in [0.2, 0.25) is 15.9 Å². The lowest BCUT2D eigenvalue weighted by Crippen LogP contribution is -2.48. The first-order valence-electron chi connectivity index (χ1n) is 7.98. The van der Waals surface area contributed by atoms with E-state index in [2.05, 4.69) is 10.6 Å². The number of rotatable bonds is 4. The number of sulfonamides is 1. The zero-order valence-corrected chi connectivity index (χ0v) is 14.4. The second-order valence-corrected chi connectivity index (χ2v) is 7.64. The highest BCUT2D eigenvalue weighted by Gasteiger charge is 2.29. The van der Waals surface area contributed by atoms with E-state index in [0.717, 1.165) is 12.1 Å². The van der Waals surface area contributed by atoms with Crippen LogP contribution in [0.4, 0.5) is 10.1 Å². The quantitative estimate of drug-likeness (QED) is 0.757. The normalized spacial score (nSPS) is 22.5. The van der Waals surface area contributed by atoms with Crippen LogP contribution in [0.2, 0.25) is 0 Å². The summed E-state index contributed by atoms with van der Waals surface area (Å²) >= 11 is 0. The van der Waals surface area contributed by atoms with Gasteiger partial charge in [0.15, 0.2) is 0 Å². The molecule has 0 aliphatic carbocycles. The zero-order valence-electron chi connectivity index (χ0n) is 13.5. The largest absolute Gasteiger partial charge is 0.379 e. The van der Waals surface area contributed by atoms with Crippen LogP contribution in [0.5, 0.6) is 0 Å². The predicted octanol–water partition coefficient (Wildman–Crippen LogP) is -0.226. The number of carbonyl (C=O) groups excluding carboxylic acids is 1. The summed E-state index contributed by atoms with van der Waals surface area (Å²) in [6, 6.07) is 2.98. The van der Waals surface area contributed by atoms with Crippen molar-refractivity contribution in [1.82, 2.24) is 9.62 Å². The number of hydrogen-bond acceptors (Lipinski definition) is 6. The van der Waals surface area contributed by atoms with Crippen LogP contribution in [0, 0.1) is 5.82 Å². The number of amides is 1. The molecule has 2 aliphatic rings. The molecule has 1 amide bonds. The molecule has 3 rings (SSSR count). The lowest BCUT2D eigenvalue weighted by atomic mass is 10.2. The number of halogens is 1. The molecule has 2 N–H and O–H groups in total. The van der Waals surface area contributed by atoms with Crippen molar-refractivity contribution < 1.29 is 27.1 Å². The fourth-order valence-electron chi connectivity index (χ4n) is 2.67. The third kappa shape index (κ3) is 4.15. The molecule has 25 heavy (non-hydrogen) atoms. The number of hydrogen-bond donors (Lipinski definition) is 2. The highest BCUT2D eigenvalue weighted by molar-refractivity contribution is 7.89. The van der Waals surface area contributed by atoms with Crippen LogP contribution in [0.25, 0.3) is 0 Å². The lowest BCUT2D eigenvalue weighted by Gasteiger charge is -2.26. The second kappa shape index (κ2) is 7.75. The highest BCUT2D eigenvalue weighted by Crippen LogP contribution is 2.24. The zero-order chi connectivity index (χ0) is 17.9. The van der Waals surface area contributed by atoms with Crippen molar-refractivity contribution in [3.8, 4) is 0 Å². The van der Waals surface area contributed by atoms with Crippen molar-refractivity contribution in [1.29, 1.82) is 0 Å². The van der Waals surface area contributed by atoms with Crippen molar-refractivity contribution >= 4 is 21.6 Å². The van der Waals surface area contributed by atoms with Gasteiger partial charge in [-0.15, -0.1) is 0 Å². The van der Waals surface area contributed by atoms with Crippen molar-refractivity contribution in [3.63, 3.8) is 0 Å². The number of morpholine rings is 2. The summed E-state index contributed by atoms with van der Waals surface area (Å²) in [4.78, 5) is 11.7. The minimum Gasteiger partial charge on any atom is -0.379 e. The van der Waals surface area contributed by atoms with Gasteiger partial charge < -0.3 is 20.1 Å². The first-order valence-corrected chi connectivity index (χ1v) is 9.42. The van der Waals surface area contributed by atoms with Crippen LogP contribution in [-0.2, 0) is 24.3 Å². The molecule has 8 nitrogen and oxygen atoms in total. The molecule has 138 valence electrons. The molecule has 2 heterocycles. The maximum atomic E-state index is 14.1. The van der Waals surface area contributed by atoms with Gasteiger partial charge in [-0.2, -0.15) is 4.31 Å². The lowest BCUT2D eigenvalue weighted by molar-refractivity contribution is -0.120. The van der Waals surface area contributed by atoms with E-state index in [4.69, 9.17) is 9.47 Å². The van der Waals surface area contributed by atoms with Gasteiger partial charge in [0.05, 0.1) is 26.4 Å². The van der Waals surface area contributed by atoms with Gasteiger partial charge in [-0.05, 0) is 18.2 Å². The monoisotopic (exact) mass is 373 g/mol. The second-order valence-electron chi connectivity index (χ2n) is 5.73. The van der Waals surface area contributed by atoms with Gasteiger partial charge in [-0.3, -0.25) is 4.79 Å². The van der Waals surface area contributed by atoms with E-state index in [1.165, 1.54) is 10.4 Å². The van der Waals surface area contributed by atoms with E-state index in [0.29, 0.717) is 13.2 Å². The van der Waals surface area contributed by atoms with Crippen LogP contribution in [0.15, 0.2) is 23.1 Å². The Labute approximate surface area is 145 Å². The van der Waals surface area contributed by atoms with E-state index in [9.17, 15) is 17.6 Å². The Morgan fingerprint density at radius 2 is 2.00 bits per heavy atom. The Kier molecular flexibility index (Phi) is 5.64. The predicted molar refractivity (Wildman–Crippen MR) is 87.2 cm³/mol. The molecule has 1 aromatic carbocycles. The van der Waals surface area contributed by atoms with Gasteiger partial charge in [-0.1, -0.05) is 0 Å². The molecule has 1 unspecified atom stereocenters. The maximum Gasteiger partial charge on any atom is 0.246 e.